The van der Waals surface area contributed by atoms with Crippen LogP contribution in [0.25, 0.3) is 16.7 Å². The van der Waals surface area contributed by atoms with Crippen molar-refractivity contribution in [3.63, 3.8) is 0 Å². The van der Waals surface area contributed by atoms with Crippen molar-refractivity contribution < 1.29 is 150 Å². The van der Waals surface area contributed by atoms with Crippen LogP contribution in [0.2, 0.25) is 0 Å². The van der Waals surface area contributed by atoms with Crippen LogP contribution in [0.4, 0.5) is 0 Å². The Kier molecular flexibility index (Phi) is 31.9. The monoisotopic (exact) mass is 876 g/mol. The van der Waals surface area contributed by atoms with Gasteiger partial charge in [-0.05, 0) is 28.7 Å². The predicted molar refractivity (Wildman–Crippen MR) is 161 cm³/mol. The third-order valence-corrected chi connectivity index (χ3v) is 5.71. The van der Waals surface area contributed by atoms with Gasteiger partial charge >= 0.3 is 0 Å². The third-order valence-electron chi connectivity index (χ3n) is 5.71. The molecule has 0 spiro atoms. The van der Waals surface area contributed by atoms with Crippen LogP contribution in [0.3, 0.4) is 0 Å². The molecule has 4 nitrogen and oxygen atoms in total. The van der Waals surface area contributed by atoms with Gasteiger partial charge in [-0.2, -0.15) is 27.7 Å². The summed E-state index contributed by atoms with van der Waals surface area (Å²) >= 11 is 0. The van der Waals surface area contributed by atoms with Crippen molar-refractivity contribution in [2.45, 2.75) is 34.1 Å². The molecule has 0 aliphatic heterocycles. The average molecular weight is 876 g/mol. The Morgan fingerprint density at radius 1 is 0.419 bits per heavy atom. The minimum absolute atomic E-state index is 0. The number of hydrogen-bond donors (Lipinski definition) is 0. The fraction of sp³-hybridized carbons (Fsp3) is 0.143. The van der Waals surface area contributed by atoms with E-state index in [4.69, 9.17) is 0 Å². The van der Waals surface area contributed by atoms with E-state index >= 15 is 0 Å². The van der Waals surface area contributed by atoms with E-state index in [9.17, 15) is 19.2 Å². The SMILES string of the molecule is O=C1C(=O)c2ccccc2-c2ccccc21.O=C1C(=O)c2ccccc2C2=C1CC=C2.[CH2-]C.[CH2-]C.[CH2-]C.[CH2-]C.[Y].[Y].[Y].[Y]. The molecular formula is C35H36O4Y4-4. The number of carbonyl (C=O) groups is 4. The summed E-state index contributed by atoms with van der Waals surface area (Å²) in [5.41, 5.74) is 5.72. The minimum atomic E-state index is -0.408. The minimum Gasteiger partial charge on any atom is -0.346 e. The molecule has 0 heterocycles. The van der Waals surface area contributed by atoms with E-state index in [-0.39, 0.29) is 142 Å². The first kappa shape index (κ1) is 50.1. The van der Waals surface area contributed by atoms with Gasteiger partial charge < -0.3 is 27.7 Å². The van der Waals surface area contributed by atoms with Gasteiger partial charge in [0.15, 0.2) is 0 Å². The number of rotatable bonds is 0. The number of allylic oxidation sites excluding steroid dienone is 4. The molecule has 3 aliphatic carbocycles. The van der Waals surface area contributed by atoms with Gasteiger partial charge in [-0.3, -0.25) is 19.2 Å². The second-order valence-electron chi connectivity index (χ2n) is 7.45. The number of ketones is 4. The van der Waals surface area contributed by atoms with Gasteiger partial charge in [-0.15, -0.1) is 0 Å². The first-order valence-corrected chi connectivity index (χ1v) is 12.8. The van der Waals surface area contributed by atoms with E-state index in [1.165, 1.54) is 0 Å². The van der Waals surface area contributed by atoms with Crippen molar-refractivity contribution in [3.8, 4) is 11.1 Å². The maximum absolute atomic E-state index is 11.8. The Morgan fingerprint density at radius 2 is 0.698 bits per heavy atom. The molecule has 0 atom stereocenters. The molecule has 4 radical (unpaired) electrons. The summed E-state index contributed by atoms with van der Waals surface area (Å²) in [6, 6.07) is 21.7. The number of Topliss-reactive ketones (excluding diaryl/α,β-unsaturated/α-hetero) is 4. The van der Waals surface area contributed by atoms with Gasteiger partial charge in [0, 0.05) is 153 Å². The molecule has 3 aromatic rings. The van der Waals surface area contributed by atoms with Crippen LogP contribution < -0.4 is 0 Å². The zero-order valence-corrected chi connectivity index (χ0v) is 36.9. The summed E-state index contributed by atoms with van der Waals surface area (Å²) in [6.45, 7) is 20.0. The molecule has 0 saturated carbocycles. The van der Waals surface area contributed by atoms with Crippen molar-refractivity contribution >= 4 is 28.7 Å². The molecule has 0 unspecified atom stereocenters. The zero-order valence-electron chi connectivity index (χ0n) is 25.6. The smallest absolute Gasteiger partial charge is 0.234 e. The van der Waals surface area contributed by atoms with Gasteiger partial charge in [0.05, 0.1) is 0 Å². The fourth-order valence-electron chi connectivity index (χ4n) is 4.22. The van der Waals surface area contributed by atoms with Crippen LogP contribution in [0.15, 0.2) is 90.5 Å². The molecule has 6 rings (SSSR count). The molecule has 0 amide bonds. The van der Waals surface area contributed by atoms with Crippen LogP contribution >= 0.6 is 0 Å². The molecule has 216 valence electrons. The summed E-state index contributed by atoms with van der Waals surface area (Å²) in [5.74, 6) is -1.52. The number of carbonyl (C=O) groups excluding carboxylic acids is 4. The average Bonchev–Trinajstić information content (AvgIpc) is 3.54. The Balaban J connectivity index is -0.000000267. The summed E-state index contributed by atoms with van der Waals surface area (Å²) in [7, 11) is 0. The fourth-order valence-corrected chi connectivity index (χ4v) is 4.22. The summed E-state index contributed by atoms with van der Waals surface area (Å²) in [5, 5.41) is 0. The van der Waals surface area contributed by atoms with Gasteiger partial charge in [-0.25, -0.2) is 0 Å². The molecule has 8 heteroatoms. The van der Waals surface area contributed by atoms with Crippen molar-refractivity contribution in [1.29, 1.82) is 0 Å². The molecule has 0 aromatic heterocycles. The Morgan fingerprint density at radius 3 is 1.07 bits per heavy atom. The van der Waals surface area contributed by atoms with E-state index in [0.29, 0.717) is 28.7 Å². The Labute approximate surface area is 359 Å². The van der Waals surface area contributed by atoms with Crippen LogP contribution in [-0.2, 0) is 136 Å². The molecule has 43 heavy (non-hydrogen) atoms. The maximum Gasteiger partial charge on any atom is 0.234 e. The van der Waals surface area contributed by atoms with Crippen molar-refractivity contribution in [1.82, 2.24) is 0 Å². The summed E-state index contributed by atoms with van der Waals surface area (Å²) < 4.78 is 0. The van der Waals surface area contributed by atoms with Crippen LogP contribution in [0.5, 0.6) is 0 Å². The zero-order chi connectivity index (χ0) is 29.5. The topological polar surface area (TPSA) is 68.3 Å². The van der Waals surface area contributed by atoms with Gasteiger partial charge in [0.2, 0.25) is 23.1 Å². The predicted octanol–water partition coefficient (Wildman–Crippen LogP) is 8.25. The molecule has 0 fully saturated rings. The first-order valence-electron chi connectivity index (χ1n) is 12.8. The third kappa shape index (κ3) is 12.1. The van der Waals surface area contributed by atoms with E-state index in [1.54, 1.807) is 64.1 Å². The van der Waals surface area contributed by atoms with Crippen molar-refractivity contribution in [3.05, 3.63) is 140 Å². The van der Waals surface area contributed by atoms with Crippen molar-refractivity contribution in [2.75, 3.05) is 0 Å². The molecule has 3 aromatic carbocycles. The Hall–Kier alpha value is 0.236. The summed E-state index contributed by atoms with van der Waals surface area (Å²) in [4.78, 5) is 47.1. The second-order valence-corrected chi connectivity index (χ2v) is 7.45. The molecule has 0 bridgehead atoms. The standard InChI is InChI=1S/C14H8O2.C13H8O2.4C2H5.4Y/c15-13-11-7-3-1-5-9(11)10-6-2-4-8-12(10)14(13)16;14-12-10-5-2-1-4-8(10)9-6-3-7-11(9)13(12)15;4*1-2;;;;/h1-8H;1-6H,7H2;4*1H2,2H3;;;;/q;;4*-1;;;;. The van der Waals surface area contributed by atoms with Gasteiger partial charge in [0.1, 0.15) is 0 Å². The number of fused-ring (bicyclic) bond motifs is 5. The summed E-state index contributed by atoms with van der Waals surface area (Å²) in [6.07, 6.45) is 4.45. The van der Waals surface area contributed by atoms with E-state index in [1.807, 2.05) is 48.6 Å². The molecule has 3 aliphatic rings. The second kappa shape index (κ2) is 27.4. The van der Waals surface area contributed by atoms with Crippen LogP contribution in [-0.4, -0.2) is 23.1 Å². The Bertz CT molecular complexity index is 1340. The largest absolute Gasteiger partial charge is 0.346 e. The quantitative estimate of drug-likeness (QED) is 0.169. The number of hydrogen-bond acceptors (Lipinski definition) is 4. The number of benzene rings is 3. The van der Waals surface area contributed by atoms with E-state index in [0.717, 1.165) is 22.3 Å². The van der Waals surface area contributed by atoms with Gasteiger partial charge in [-0.1, -0.05) is 84.9 Å². The van der Waals surface area contributed by atoms with Gasteiger partial charge in [0.25, 0.3) is 0 Å². The van der Waals surface area contributed by atoms with E-state index < -0.39 is 11.6 Å². The first-order chi connectivity index (χ1) is 19.1. The molecular weight excluding hydrogens is 840 g/mol. The maximum atomic E-state index is 11.8. The molecule has 0 saturated heterocycles. The van der Waals surface area contributed by atoms with Crippen molar-refractivity contribution in [2.24, 2.45) is 0 Å². The normalized spacial score (nSPS) is 11.8. The molecule has 0 N–H and O–H groups in total. The van der Waals surface area contributed by atoms with Crippen LogP contribution in [0.1, 0.15) is 70.8 Å². The van der Waals surface area contributed by atoms with E-state index in [2.05, 4.69) is 27.7 Å². The van der Waals surface area contributed by atoms with Crippen LogP contribution in [0, 0.1) is 27.7 Å².